The number of para-hydroxylation sites is 1. The molecule has 1 spiro atoms. The summed E-state index contributed by atoms with van der Waals surface area (Å²) in [6.07, 6.45) is 3.79. The molecule has 1 amide bonds. The first-order valence-corrected chi connectivity index (χ1v) is 14.8. The fraction of sp³-hybridized carbons (Fsp3) is 0.194. The molecule has 7 rings (SSSR count). The highest BCUT2D eigenvalue weighted by atomic mass is 35.5. The van der Waals surface area contributed by atoms with Crippen molar-refractivity contribution in [2.75, 3.05) is 5.32 Å². The van der Waals surface area contributed by atoms with Crippen LogP contribution in [0.3, 0.4) is 0 Å². The van der Waals surface area contributed by atoms with Crippen molar-refractivity contribution in [3.8, 4) is 5.75 Å². The molecular weight excluding hydrogens is 560 g/mol. The standard InChI is InChI=1S/C36H29ClN2O4/c1-21(2)43-24-17-15-23(16-18-24)32(40)31-30(33(41)26-11-5-7-13-28(26)37)36(27-12-6-8-14-29(27)38-35(36)42)34-25-10-4-3-9-22(25)19-20-39(31)34/h3-21,30-31,34H,1-2H3,(H,38,42)/t30-,31+,34+,36+/m1/s1. The fourth-order valence-corrected chi connectivity index (χ4v) is 7.37. The number of halogens is 1. The predicted molar refractivity (Wildman–Crippen MR) is 166 cm³/mol. The van der Waals surface area contributed by atoms with Crippen LogP contribution < -0.4 is 10.1 Å². The normalized spacial score (nSPS) is 23.1. The smallest absolute Gasteiger partial charge is 0.238 e. The Morgan fingerprint density at radius 3 is 2.35 bits per heavy atom. The van der Waals surface area contributed by atoms with Crippen LogP contribution in [0.15, 0.2) is 103 Å². The molecule has 1 saturated heterocycles. The van der Waals surface area contributed by atoms with E-state index in [2.05, 4.69) is 5.32 Å². The van der Waals surface area contributed by atoms with Gasteiger partial charge >= 0.3 is 0 Å². The maximum Gasteiger partial charge on any atom is 0.238 e. The maximum atomic E-state index is 14.9. The SMILES string of the molecule is CC(C)Oc1ccc(C(=O)[C@@H]2[C@H](C(=O)c3ccccc3Cl)[C@]3(C(=O)Nc4ccccc43)[C@@H]3c4ccccc4C=CN23)cc1. The number of hydrogen-bond acceptors (Lipinski definition) is 5. The van der Waals surface area contributed by atoms with E-state index in [-0.39, 0.29) is 34.2 Å². The molecule has 6 nitrogen and oxygen atoms in total. The summed E-state index contributed by atoms with van der Waals surface area (Å²) in [4.78, 5) is 46.0. The molecule has 43 heavy (non-hydrogen) atoms. The van der Waals surface area contributed by atoms with Gasteiger partial charge in [-0.2, -0.15) is 0 Å². The van der Waals surface area contributed by atoms with Gasteiger partial charge in [-0.25, -0.2) is 0 Å². The third-order valence-electron chi connectivity index (χ3n) is 8.77. The van der Waals surface area contributed by atoms with Crippen molar-refractivity contribution in [2.45, 2.75) is 37.5 Å². The number of ketones is 2. The van der Waals surface area contributed by atoms with Crippen LogP contribution >= 0.6 is 11.6 Å². The Morgan fingerprint density at radius 2 is 1.58 bits per heavy atom. The van der Waals surface area contributed by atoms with Gasteiger partial charge in [0, 0.05) is 23.0 Å². The summed E-state index contributed by atoms with van der Waals surface area (Å²) >= 11 is 6.62. The minimum absolute atomic E-state index is 0.0193. The predicted octanol–water partition coefficient (Wildman–Crippen LogP) is 7.11. The maximum absolute atomic E-state index is 14.9. The summed E-state index contributed by atoms with van der Waals surface area (Å²) in [6.45, 7) is 3.88. The Kier molecular flexibility index (Phi) is 6.47. The molecule has 1 fully saturated rings. The van der Waals surface area contributed by atoms with Gasteiger partial charge in [-0.3, -0.25) is 14.4 Å². The minimum Gasteiger partial charge on any atom is -0.491 e. The second-order valence-electron chi connectivity index (χ2n) is 11.5. The molecule has 3 aliphatic heterocycles. The molecule has 0 unspecified atom stereocenters. The molecule has 3 heterocycles. The summed E-state index contributed by atoms with van der Waals surface area (Å²) in [5, 5.41) is 3.34. The average Bonchev–Trinajstić information content (AvgIpc) is 3.49. The number of carbonyl (C=O) groups is 3. The number of benzene rings is 4. The van der Waals surface area contributed by atoms with Gasteiger partial charge in [-0.1, -0.05) is 66.2 Å². The Morgan fingerprint density at radius 1 is 0.884 bits per heavy atom. The van der Waals surface area contributed by atoms with E-state index < -0.39 is 23.4 Å². The van der Waals surface area contributed by atoms with Crippen molar-refractivity contribution >= 4 is 40.8 Å². The number of Topliss-reactive ketones (excluding diaryl/α,β-unsaturated/α-hetero) is 2. The molecule has 0 aliphatic carbocycles. The quantitative estimate of drug-likeness (QED) is 0.243. The van der Waals surface area contributed by atoms with E-state index in [4.69, 9.17) is 16.3 Å². The molecule has 7 heteroatoms. The molecule has 4 atom stereocenters. The Bertz CT molecular complexity index is 1810. The largest absolute Gasteiger partial charge is 0.491 e. The lowest BCUT2D eigenvalue weighted by Gasteiger charge is -2.38. The molecule has 0 aromatic heterocycles. The monoisotopic (exact) mass is 588 g/mol. The average molecular weight is 589 g/mol. The van der Waals surface area contributed by atoms with Gasteiger partial charge in [-0.05, 0) is 79.1 Å². The van der Waals surface area contributed by atoms with E-state index in [1.165, 1.54) is 0 Å². The number of rotatable bonds is 6. The van der Waals surface area contributed by atoms with Crippen molar-refractivity contribution in [2.24, 2.45) is 5.92 Å². The summed E-state index contributed by atoms with van der Waals surface area (Å²) in [5.41, 5.74) is 2.45. The molecule has 1 N–H and O–H groups in total. The van der Waals surface area contributed by atoms with Gasteiger partial charge in [0.15, 0.2) is 11.6 Å². The van der Waals surface area contributed by atoms with Crippen LogP contribution in [0.5, 0.6) is 5.75 Å². The van der Waals surface area contributed by atoms with Gasteiger partial charge in [0.2, 0.25) is 5.91 Å². The second-order valence-corrected chi connectivity index (χ2v) is 11.9. The van der Waals surface area contributed by atoms with Gasteiger partial charge in [0.25, 0.3) is 0 Å². The van der Waals surface area contributed by atoms with Crippen LogP contribution in [0.25, 0.3) is 6.08 Å². The highest BCUT2D eigenvalue weighted by Crippen LogP contribution is 2.62. The number of amides is 1. The third-order valence-corrected chi connectivity index (χ3v) is 9.10. The highest BCUT2D eigenvalue weighted by Gasteiger charge is 2.70. The van der Waals surface area contributed by atoms with Crippen LogP contribution in [0.1, 0.15) is 57.3 Å². The summed E-state index contributed by atoms with van der Waals surface area (Å²) in [5.74, 6) is -1.36. The lowest BCUT2D eigenvalue weighted by atomic mass is 9.62. The second kappa shape index (κ2) is 10.2. The zero-order chi connectivity index (χ0) is 29.9. The number of anilines is 1. The van der Waals surface area contributed by atoms with Gasteiger partial charge in [0.1, 0.15) is 17.2 Å². The molecule has 0 saturated carbocycles. The van der Waals surface area contributed by atoms with E-state index >= 15 is 0 Å². The number of hydrogen-bond donors (Lipinski definition) is 1. The summed E-state index contributed by atoms with van der Waals surface area (Å²) in [7, 11) is 0. The molecule has 0 bridgehead atoms. The summed E-state index contributed by atoms with van der Waals surface area (Å²) < 4.78 is 5.80. The zero-order valence-electron chi connectivity index (χ0n) is 23.7. The van der Waals surface area contributed by atoms with E-state index in [0.717, 1.165) is 11.1 Å². The Balaban J connectivity index is 1.49. The fourth-order valence-electron chi connectivity index (χ4n) is 7.14. The number of ether oxygens (including phenoxy) is 1. The topological polar surface area (TPSA) is 75.7 Å². The van der Waals surface area contributed by atoms with Crippen molar-refractivity contribution in [3.63, 3.8) is 0 Å². The lowest BCUT2D eigenvalue weighted by molar-refractivity contribution is -0.122. The highest BCUT2D eigenvalue weighted by molar-refractivity contribution is 6.34. The van der Waals surface area contributed by atoms with Crippen molar-refractivity contribution < 1.29 is 19.1 Å². The van der Waals surface area contributed by atoms with Gasteiger partial charge < -0.3 is 15.0 Å². The Labute approximate surface area is 254 Å². The first kappa shape index (κ1) is 27.2. The Hall–Kier alpha value is -4.68. The van der Waals surface area contributed by atoms with Crippen molar-refractivity contribution in [1.82, 2.24) is 4.90 Å². The van der Waals surface area contributed by atoms with Crippen LogP contribution in [0.2, 0.25) is 5.02 Å². The van der Waals surface area contributed by atoms with E-state index in [1.807, 2.05) is 79.6 Å². The molecule has 4 aromatic rings. The molecular formula is C36H29ClN2O4. The molecule has 214 valence electrons. The number of nitrogens with one attached hydrogen (secondary N) is 1. The van der Waals surface area contributed by atoms with Crippen molar-refractivity contribution in [3.05, 3.63) is 136 Å². The van der Waals surface area contributed by atoms with Crippen LogP contribution in [0.4, 0.5) is 5.69 Å². The molecule has 4 aromatic carbocycles. The minimum atomic E-state index is -1.41. The lowest BCUT2D eigenvalue weighted by Crippen LogP contribution is -2.49. The van der Waals surface area contributed by atoms with Gasteiger partial charge in [0.05, 0.1) is 23.1 Å². The number of fused-ring (bicyclic) bond motifs is 6. The number of nitrogens with zero attached hydrogens (tertiary/aromatic N) is 1. The van der Waals surface area contributed by atoms with E-state index in [0.29, 0.717) is 22.6 Å². The third kappa shape index (κ3) is 4.04. The molecule has 0 radical (unpaired) electrons. The van der Waals surface area contributed by atoms with Crippen LogP contribution in [-0.2, 0) is 10.2 Å². The van der Waals surface area contributed by atoms with E-state index in [1.54, 1.807) is 48.5 Å². The van der Waals surface area contributed by atoms with Crippen molar-refractivity contribution in [1.29, 1.82) is 0 Å². The number of carbonyl (C=O) groups excluding carboxylic acids is 3. The van der Waals surface area contributed by atoms with Crippen LogP contribution in [0, 0.1) is 5.92 Å². The summed E-state index contributed by atoms with van der Waals surface area (Å²) in [6, 6.07) is 27.5. The first-order valence-electron chi connectivity index (χ1n) is 14.4. The van der Waals surface area contributed by atoms with E-state index in [9.17, 15) is 14.4 Å². The van der Waals surface area contributed by atoms with Gasteiger partial charge in [-0.15, -0.1) is 0 Å². The first-order chi connectivity index (χ1) is 20.8. The van der Waals surface area contributed by atoms with Crippen LogP contribution in [-0.4, -0.2) is 34.5 Å². The molecule has 3 aliphatic rings. The zero-order valence-corrected chi connectivity index (χ0v) is 24.4.